The average molecular weight is 416 g/mol. The summed E-state index contributed by atoms with van der Waals surface area (Å²) in [7, 11) is 0. The van der Waals surface area contributed by atoms with E-state index in [4.69, 9.17) is 11.6 Å². The molecule has 3 aromatic carbocycles. The van der Waals surface area contributed by atoms with Crippen LogP contribution >= 0.6 is 11.6 Å². The van der Waals surface area contributed by atoms with Gasteiger partial charge < -0.3 is 0 Å². The van der Waals surface area contributed by atoms with Crippen LogP contribution in [0, 0.1) is 6.92 Å². The molecule has 4 heteroatoms. The van der Waals surface area contributed by atoms with E-state index in [1.165, 1.54) is 0 Å². The molecular weight excluding hydrogens is 394 g/mol. The predicted octanol–water partition coefficient (Wildman–Crippen LogP) is 6.33. The standard InChI is InChI=1S/C26H22ClNO2/c1-16-12-13-18(14-22(16)27)28-23-10-5-11-24(29)26(23)21(15-25(28)30)20-9-4-7-17-6-2-3-8-19(17)20/h2-4,6-9,12-14,21H,5,10-11,15H2,1H3. The second kappa shape index (κ2) is 7.41. The zero-order valence-corrected chi connectivity index (χ0v) is 17.6. The fourth-order valence-electron chi connectivity index (χ4n) is 4.83. The Balaban J connectivity index is 1.71. The third-order valence-electron chi connectivity index (χ3n) is 6.29. The largest absolute Gasteiger partial charge is 0.294 e. The van der Waals surface area contributed by atoms with Gasteiger partial charge in [-0.3, -0.25) is 14.5 Å². The molecule has 1 atom stereocenters. The molecule has 1 heterocycles. The van der Waals surface area contributed by atoms with Crippen LogP contribution in [-0.4, -0.2) is 11.7 Å². The highest BCUT2D eigenvalue weighted by atomic mass is 35.5. The molecule has 0 spiro atoms. The van der Waals surface area contributed by atoms with Gasteiger partial charge in [0.2, 0.25) is 5.91 Å². The number of aryl methyl sites for hydroxylation is 1. The molecular formula is C26H22ClNO2. The van der Waals surface area contributed by atoms with Gasteiger partial charge in [-0.15, -0.1) is 0 Å². The summed E-state index contributed by atoms with van der Waals surface area (Å²) in [4.78, 5) is 28.3. The first-order chi connectivity index (χ1) is 14.5. The van der Waals surface area contributed by atoms with Crippen LogP contribution in [0.2, 0.25) is 5.02 Å². The molecule has 30 heavy (non-hydrogen) atoms. The lowest BCUT2D eigenvalue weighted by Gasteiger charge is -2.38. The van der Waals surface area contributed by atoms with E-state index in [1.807, 2.05) is 43.3 Å². The number of ketones is 1. The SMILES string of the molecule is Cc1ccc(N2C(=O)CC(c3cccc4ccccc34)C3=C2CCCC3=O)cc1Cl. The Labute approximate surface area is 181 Å². The van der Waals surface area contributed by atoms with Crippen molar-refractivity contribution >= 4 is 39.8 Å². The number of carbonyl (C=O) groups excluding carboxylic acids is 2. The van der Waals surface area contributed by atoms with Gasteiger partial charge in [-0.05, 0) is 53.8 Å². The maximum atomic E-state index is 13.4. The Morgan fingerprint density at radius 3 is 2.60 bits per heavy atom. The number of allylic oxidation sites excluding steroid dienone is 2. The van der Waals surface area contributed by atoms with Gasteiger partial charge in [-0.2, -0.15) is 0 Å². The zero-order valence-electron chi connectivity index (χ0n) is 16.8. The van der Waals surface area contributed by atoms with E-state index in [0.29, 0.717) is 11.4 Å². The van der Waals surface area contributed by atoms with E-state index < -0.39 is 0 Å². The zero-order chi connectivity index (χ0) is 20.8. The molecule has 2 aliphatic rings. The minimum atomic E-state index is -0.205. The normalized spacial score (nSPS) is 19.4. The van der Waals surface area contributed by atoms with E-state index in [9.17, 15) is 9.59 Å². The number of benzene rings is 3. The second-order valence-corrected chi connectivity index (χ2v) is 8.53. The molecule has 1 amide bonds. The Kier molecular flexibility index (Phi) is 4.71. The average Bonchev–Trinajstić information content (AvgIpc) is 2.75. The molecule has 3 nitrogen and oxygen atoms in total. The molecule has 1 aliphatic carbocycles. The molecule has 150 valence electrons. The van der Waals surface area contributed by atoms with Crippen molar-refractivity contribution in [2.45, 2.75) is 38.5 Å². The molecule has 3 aromatic rings. The first kappa shape index (κ1) is 19.1. The van der Waals surface area contributed by atoms with E-state index in [0.717, 1.165) is 51.7 Å². The molecule has 0 bridgehead atoms. The Hall–Kier alpha value is -2.91. The highest BCUT2D eigenvalue weighted by Crippen LogP contribution is 2.45. The Bertz CT molecular complexity index is 1220. The van der Waals surface area contributed by atoms with Gasteiger partial charge in [-0.25, -0.2) is 0 Å². The first-order valence-corrected chi connectivity index (χ1v) is 10.8. The maximum absolute atomic E-state index is 13.4. The first-order valence-electron chi connectivity index (χ1n) is 10.4. The monoisotopic (exact) mass is 415 g/mol. The van der Waals surface area contributed by atoms with E-state index in [2.05, 4.69) is 24.3 Å². The summed E-state index contributed by atoms with van der Waals surface area (Å²) in [6.45, 7) is 1.94. The third kappa shape index (κ3) is 3.05. The lowest BCUT2D eigenvalue weighted by atomic mass is 9.76. The molecule has 0 radical (unpaired) electrons. The number of rotatable bonds is 2. The number of hydrogen-bond acceptors (Lipinski definition) is 2. The molecule has 0 N–H and O–H groups in total. The lowest BCUT2D eigenvalue weighted by molar-refractivity contribution is -0.119. The summed E-state index contributed by atoms with van der Waals surface area (Å²) >= 11 is 6.35. The van der Waals surface area contributed by atoms with Crippen LogP contribution in [0.1, 0.15) is 42.7 Å². The molecule has 1 aliphatic heterocycles. The number of fused-ring (bicyclic) bond motifs is 1. The van der Waals surface area contributed by atoms with Gasteiger partial charge in [0.15, 0.2) is 5.78 Å². The van der Waals surface area contributed by atoms with E-state index in [-0.39, 0.29) is 24.0 Å². The van der Waals surface area contributed by atoms with Gasteiger partial charge in [0.25, 0.3) is 0 Å². The summed E-state index contributed by atoms with van der Waals surface area (Å²) in [5.74, 6) is -0.0326. The minimum Gasteiger partial charge on any atom is -0.294 e. The quantitative estimate of drug-likeness (QED) is 0.490. The fourth-order valence-corrected chi connectivity index (χ4v) is 5.01. The summed E-state index contributed by atoms with van der Waals surface area (Å²) in [5, 5.41) is 2.86. The Morgan fingerprint density at radius 2 is 1.77 bits per heavy atom. The Morgan fingerprint density at radius 1 is 0.967 bits per heavy atom. The van der Waals surface area contributed by atoms with Crippen molar-refractivity contribution in [2.24, 2.45) is 0 Å². The van der Waals surface area contributed by atoms with Gasteiger partial charge in [0.05, 0.1) is 5.69 Å². The number of hydrogen-bond donors (Lipinski definition) is 0. The van der Waals surface area contributed by atoms with Crippen LogP contribution in [0.15, 0.2) is 71.9 Å². The number of Topliss-reactive ketones (excluding diaryl/α,β-unsaturated/α-hetero) is 1. The van der Waals surface area contributed by atoms with Crippen molar-refractivity contribution in [1.29, 1.82) is 0 Å². The molecule has 5 rings (SSSR count). The van der Waals surface area contributed by atoms with Crippen molar-refractivity contribution in [3.05, 3.63) is 88.1 Å². The van der Waals surface area contributed by atoms with Crippen molar-refractivity contribution < 1.29 is 9.59 Å². The summed E-state index contributed by atoms with van der Waals surface area (Å²) < 4.78 is 0. The van der Waals surface area contributed by atoms with Gasteiger partial charge >= 0.3 is 0 Å². The maximum Gasteiger partial charge on any atom is 0.232 e. The molecule has 0 saturated heterocycles. The summed E-state index contributed by atoms with van der Waals surface area (Å²) in [6, 6.07) is 20.0. The van der Waals surface area contributed by atoms with Gasteiger partial charge in [-0.1, -0.05) is 60.1 Å². The van der Waals surface area contributed by atoms with Gasteiger partial charge in [0.1, 0.15) is 0 Å². The highest BCUT2D eigenvalue weighted by Gasteiger charge is 2.40. The third-order valence-corrected chi connectivity index (χ3v) is 6.69. The van der Waals surface area contributed by atoms with Crippen LogP contribution in [0.5, 0.6) is 0 Å². The molecule has 0 aromatic heterocycles. The number of carbonyl (C=O) groups is 2. The van der Waals surface area contributed by atoms with Crippen LogP contribution < -0.4 is 4.90 Å². The smallest absolute Gasteiger partial charge is 0.232 e. The van der Waals surface area contributed by atoms with E-state index >= 15 is 0 Å². The number of halogens is 1. The predicted molar refractivity (Wildman–Crippen MR) is 121 cm³/mol. The number of nitrogens with zero attached hydrogens (tertiary/aromatic N) is 1. The van der Waals surface area contributed by atoms with Crippen molar-refractivity contribution in [3.63, 3.8) is 0 Å². The second-order valence-electron chi connectivity index (χ2n) is 8.12. The molecule has 0 saturated carbocycles. The van der Waals surface area contributed by atoms with Crippen LogP contribution in [0.3, 0.4) is 0 Å². The summed E-state index contributed by atoms with van der Waals surface area (Å²) in [5.41, 5.74) is 4.42. The van der Waals surface area contributed by atoms with E-state index in [1.54, 1.807) is 4.90 Å². The number of amides is 1. The number of anilines is 1. The van der Waals surface area contributed by atoms with Crippen LogP contribution in [-0.2, 0) is 9.59 Å². The van der Waals surface area contributed by atoms with Crippen molar-refractivity contribution in [2.75, 3.05) is 4.90 Å². The topological polar surface area (TPSA) is 37.4 Å². The minimum absolute atomic E-state index is 0.0151. The molecule has 0 fully saturated rings. The highest BCUT2D eigenvalue weighted by molar-refractivity contribution is 6.31. The van der Waals surface area contributed by atoms with Crippen LogP contribution in [0.25, 0.3) is 10.8 Å². The van der Waals surface area contributed by atoms with Crippen LogP contribution in [0.4, 0.5) is 5.69 Å². The lowest BCUT2D eigenvalue weighted by Crippen LogP contribution is -2.40. The summed E-state index contributed by atoms with van der Waals surface area (Å²) in [6.07, 6.45) is 2.31. The fraction of sp³-hybridized carbons (Fsp3) is 0.231. The molecule has 1 unspecified atom stereocenters. The van der Waals surface area contributed by atoms with Crippen molar-refractivity contribution in [3.8, 4) is 0 Å². The van der Waals surface area contributed by atoms with Crippen molar-refractivity contribution in [1.82, 2.24) is 0 Å². The van der Waals surface area contributed by atoms with Gasteiger partial charge in [0, 0.05) is 35.1 Å².